The molecule has 2 aromatic rings. The molecular weight excluding hydrogens is 286 g/mol. The van der Waals surface area contributed by atoms with Crippen LogP contribution in [0, 0.1) is 0 Å². The highest BCUT2D eigenvalue weighted by molar-refractivity contribution is 5.92. The van der Waals surface area contributed by atoms with E-state index in [-0.39, 0.29) is 30.4 Å². The van der Waals surface area contributed by atoms with Crippen LogP contribution in [0.25, 0.3) is 0 Å². The van der Waals surface area contributed by atoms with Gasteiger partial charge in [-0.1, -0.05) is 11.2 Å². The Hall–Kier alpha value is -2.25. The summed E-state index contributed by atoms with van der Waals surface area (Å²) in [5, 5.41) is 6.70. The topological polar surface area (TPSA) is 86.5 Å². The molecule has 0 saturated carbocycles. The van der Waals surface area contributed by atoms with Crippen molar-refractivity contribution in [3.63, 3.8) is 0 Å². The molecule has 1 saturated heterocycles. The summed E-state index contributed by atoms with van der Waals surface area (Å²) in [5.74, 6) is 0.231. The molecule has 0 radical (unpaired) electrons. The standard InChI is InChI=1S/C15H17N3O4/c1-20-9-11-7-13(18-22-11)15(19)17-12-4-6-21-14(12)10-3-2-5-16-8-10/h2-3,5,7-8,12,14H,4,6,9H2,1H3,(H,17,19)/t12-,14+/m0/s1. The molecule has 1 N–H and O–H groups in total. The molecule has 0 aliphatic carbocycles. The third-order valence-corrected chi connectivity index (χ3v) is 3.50. The molecule has 1 aliphatic heterocycles. The fourth-order valence-corrected chi connectivity index (χ4v) is 2.48. The fraction of sp³-hybridized carbons (Fsp3) is 0.400. The quantitative estimate of drug-likeness (QED) is 0.900. The lowest BCUT2D eigenvalue weighted by atomic mass is 10.0. The molecule has 2 atom stereocenters. The maximum Gasteiger partial charge on any atom is 0.273 e. The lowest BCUT2D eigenvalue weighted by Gasteiger charge is -2.19. The third kappa shape index (κ3) is 3.15. The van der Waals surface area contributed by atoms with Crippen LogP contribution >= 0.6 is 0 Å². The molecule has 0 aromatic carbocycles. The first-order chi connectivity index (χ1) is 10.8. The van der Waals surface area contributed by atoms with Gasteiger partial charge in [0.2, 0.25) is 0 Å². The zero-order chi connectivity index (χ0) is 15.4. The Morgan fingerprint density at radius 1 is 1.55 bits per heavy atom. The van der Waals surface area contributed by atoms with Gasteiger partial charge in [0.25, 0.3) is 5.91 Å². The fourth-order valence-electron chi connectivity index (χ4n) is 2.48. The molecule has 7 heteroatoms. The highest BCUT2D eigenvalue weighted by Crippen LogP contribution is 2.28. The molecule has 3 rings (SSSR count). The number of nitrogens with zero attached hydrogens (tertiary/aromatic N) is 2. The lowest BCUT2D eigenvalue weighted by Crippen LogP contribution is -2.37. The second-order valence-corrected chi connectivity index (χ2v) is 5.06. The largest absolute Gasteiger partial charge is 0.377 e. The number of pyridine rings is 1. The first-order valence-electron chi connectivity index (χ1n) is 7.05. The van der Waals surface area contributed by atoms with Crippen LogP contribution in [0.4, 0.5) is 0 Å². The number of rotatable bonds is 5. The van der Waals surface area contributed by atoms with Crippen molar-refractivity contribution in [2.75, 3.05) is 13.7 Å². The van der Waals surface area contributed by atoms with Crippen LogP contribution < -0.4 is 5.32 Å². The summed E-state index contributed by atoms with van der Waals surface area (Å²) < 4.78 is 15.7. The minimum Gasteiger partial charge on any atom is -0.377 e. The molecule has 7 nitrogen and oxygen atoms in total. The van der Waals surface area contributed by atoms with Crippen molar-refractivity contribution in [2.45, 2.75) is 25.2 Å². The molecule has 2 aromatic heterocycles. The highest BCUT2D eigenvalue weighted by Gasteiger charge is 2.31. The van der Waals surface area contributed by atoms with Crippen LogP contribution in [0.1, 0.15) is 34.3 Å². The van der Waals surface area contributed by atoms with E-state index in [4.69, 9.17) is 14.0 Å². The molecule has 1 amide bonds. The summed E-state index contributed by atoms with van der Waals surface area (Å²) >= 11 is 0. The number of carbonyl (C=O) groups excluding carboxylic acids is 1. The van der Waals surface area contributed by atoms with E-state index in [1.807, 2.05) is 12.1 Å². The monoisotopic (exact) mass is 303 g/mol. The van der Waals surface area contributed by atoms with Gasteiger partial charge in [0.15, 0.2) is 11.5 Å². The molecule has 1 aliphatic rings. The van der Waals surface area contributed by atoms with Crippen molar-refractivity contribution >= 4 is 5.91 Å². The number of aromatic nitrogens is 2. The highest BCUT2D eigenvalue weighted by atomic mass is 16.5. The number of methoxy groups -OCH3 is 1. The Bertz CT molecular complexity index is 629. The molecule has 0 bridgehead atoms. The smallest absolute Gasteiger partial charge is 0.273 e. The van der Waals surface area contributed by atoms with Crippen LogP contribution in [0.3, 0.4) is 0 Å². The van der Waals surface area contributed by atoms with Crippen molar-refractivity contribution < 1.29 is 18.8 Å². The van der Waals surface area contributed by atoms with E-state index in [9.17, 15) is 4.79 Å². The Labute approximate surface area is 127 Å². The van der Waals surface area contributed by atoms with Gasteiger partial charge < -0.3 is 19.3 Å². The van der Waals surface area contributed by atoms with E-state index in [0.717, 1.165) is 12.0 Å². The Morgan fingerprint density at radius 2 is 2.45 bits per heavy atom. The molecule has 0 unspecified atom stereocenters. The summed E-state index contributed by atoms with van der Waals surface area (Å²) in [6.07, 6.45) is 4.01. The van der Waals surface area contributed by atoms with Gasteiger partial charge in [0.1, 0.15) is 12.7 Å². The number of nitrogens with one attached hydrogen (secondary N) is 1. The van der Waals surface area contributed by atoms with E-state index < -0.39 is 0 Å². The first kappa shape index (κ1) is 14.7. The normalized spacial score (nSPS) is 21.0. The zero-order valence-electron chi connectivity index (χ0n) is 12.2. The van der Waals surface area contributed by atoms with Gasteiger partial charge >= 0.3 is 0 Å². The van der Waals surface area contributed by atoms with Gasteiger partial charge in [-0.2, -0.15) is 0 Å². The summed E-state index contributed by atoms with van der Waals surface area (Å²) in [6, 6.07) is 5.26. The Morgan fingerprint density at radius 3 is 3.23 bits per heavy atom. The Balaban J connectivity index is 1.67. The maximum atomic E-state index is 12.2. The van der Waals surface area contributed by atoms with E-state index in [1.165, 1.54) is 0 Å². The summed E-state index contributed by atoms with van der Waals surface area (Å²) in [7, 11) is 1.55. The molecule has 0 spiro atoms. The average molecular weight is 303 g/mol. The summed E-state index contributed by atoms with van der Waals surface area (Å²) in [6.45, 7) is 0.878. The maximum absolute atomic E-state index is 12.2. The Kier molecular flexibility index (Phi) is 4.45. The molecule has 116 valence electrons. The van der Waals surface area contributed by atoms with Crippen LogP contribution in [-0.2, 0) is 16.1 Å². The molecule has 1 fully saturated rings. The third-order valence-electron chi connectivity index (χ3n) is 3.50. The summed E-state index contributed by atoms with van der Waals surface area (Å²) in [4.78, 5) is 16.3. The van der Waals surface area contributed by atoms with E-state index in [2.05, 4.69) is 15.5 Å². The van der Waals surface area contributed by atoms with Crippen molar-refractivity contribution in [3.8, 4) is 0 Å². The van der Waals surface area contributed by atoms with Crippen LogP contribution in [0.2, 0.25) is 0 Å². The minimum absolute atomic E-state index is 0.112. The average Bonchev–Trinajstić information content (AvgIpc) is 3.18. The van der Waals surface area contributed by atoms with E-state index in [0.29, 0.717) is 12.4 Å². The predicted octanol–water partition coefficient (Wildman–Crippen LogP) is 1.48. The number of carbonyl (C=O) groups is 1. The van der Waals surface area contributed by atoms with E-state index >= 15 is 0 Å². The first-order valence-corrected chi connectivity index (χ1v) is 7.05. The number of ether oxygens (including phenoxy) is 2. The van der Waals surface area contributed by atoms with Crippen molar-refractivity contribution in [2.24, 2.45) is 0 Å². The molecule has 22 heavy (non-hydrogen) atoms. The molecular formula is C15H17N3O4. The van der Waals surface area contributed by atoms with E-state index in [1.54, 1.807) is 25.6 Å². The van der Waals surface area contributed by atoms with Crippen molar-refractivity contribution in [1.82, 2.24) is 15.5 Å². The van der Waals surface area contributed by atoms with Crippen LogP contribution in [0.15, 0.2) is 35.1 Å². The SMILES string of the molecule is COCc1cc(C(=O)N[C@H]2CCO[C@@H]2c2cccnc2)no1. The number of amides is 1. The van der Waals surface area contributed by atoms with Gasteiger partial charge in [-0.15, -0.1) is 0 Å². The second kappa shape index (κ2) is 6.67. The van der Waals surface area contributed by atoms with Gasteiger partial charge in [-0.3, -0.25) is 9.78 Å². The predicted molar refractivity (Wildman–Crippen MR) is 76.0 cm³/mol. The number of hydrogen-bond donors (Lipinski definition) is 1. The van der Waals surface area contributed by atoms with Crippen molar-refractivity contribution in [1.29, 1.82) is 0 Å². The van der Waals surface area contributed by atoms with Gasteiger partial charge in [0.05, 0.1) is 6.04 Å². The minimum atomic E-state index is -0.282. The van der Waals surface area contributed by atoms with Gasteiger partial charge in [-0.05, 0) is 12.5 Å². The summed E-state index contributed by atoms with van der Waals surface area (Å²) in [5.41, 5.74) is 1.19. The van der Waals surface area contributed by atoms with Crippen molar-refractivity contribution in [3.05, 3.63) is 47.6 Å². The van der Waals surface area contributed by atoms with Gasteiger partial charge in [-0.25, -0.2) is 0 Å². The lowest BCUT2D eigenvalue weighted by molar-refractivity contribution is 0.0813. The van der Waals surface area contributed by atoms with Crippen LogP contribution in [-0.4, -0.2) is 35.8 Å². The van der Waals surface area contributed by atoms with Gasteiger partial charge in [0, 0.05) is 37.7 Å². The number of hydrogen-bond acceptors (Lipinski definition) is 6. The second-order valence-electron chi connectivity index (χ2n) is 5.06. The zero-order valence-corrected chi connectivity index (χ0v) is 12.2. The molecule has 3 heterocycles. The van der Waals surface area contributed by atoms with Crippen LogP contribution in [0.5, 0.6) is 0 Å².